The maximum atomic E-state index is 12.1. The number of aryl methyl sites for hydroxylation is 2. The Kier molecular flexibility index (Phi) is 4.52. The normalized spacial score (nSPS) is 26.1. The van der Waals surface area contributed by atoms with Crippen LogP contribution in [0, 0.1) is 5.41 Å². The molecule has 0 aliphatic heterocycles. The summed E-state index contributed by atoms with van der Waals surface area (Å²) in [5.41, 5.74) is 1.19. The van der Waals surface area contributed by atoms with E-state index in [2.05, 4.69) is 5.10 Å². The molecule has 1 heterocycles. The zero-order valence-corrected chi connectivity index (χ0v) is 13.6. The monoisotopic (exact) mass is 306 g/mol. The number of carbonyl (C=O) groups is 1. The molecule has 2 aliphatic carbocycles. The van der Waals surface area contributed by atoms with E-state index in [1.165, 1.54) is 12.8 Å². The first-order valence-electron chi connectivity index (χ1n) is 8.42. The number of aromatic nitrogens is 2. The third kappa shape index (κ3) is 2.91. The van der Waals surface area contributed by atoms with E-state index in [4.69, 9.17) is 9.47 Å². The van der Waals surface area contributed by atoms with Crippen LogP contribution < -0.4 is 0 Å². The van der Waals surface area contributed by atoms with Crippen molar-refractivity contribution in [2.24, 2.45) is 12.5 Å². The van der Waals surface area contributed by atoms with Crippen molar-refractivity contribution in [2.45, 2.75) is 64.1 Å². The quantitative estimate of drug-likeness (QED) is 0.758. The summed E-state index contributed by atoms with van der Waals surface area (Å²) in [4.78, 5) is 12.1. The molecular weight excluding hydrogens is 280 g/mol. The van der Waals surface area contributed by atoms with Crippen molar-refractivity contribution in [1.29, 1.82) is 0 Å². The van der Waals surface area contributed by atoms with Crippen molar-refractivity contribution in [1.82, 2.24) is 9.78 Å². The minimum atomic E-state index is -0.0879. The summed E-state index contributed by atoms with van der Waals surface area (Å²) in [6.45, 7) is 2.78. The van der Waals surface area contributed by atoms with Crippen molar-refractivity contribution in [3.63, 3.8) is 0 Å². The zero-order chi connectivity index (χ0) is 15.6. The van der Waals surface area contributed by atoms with Gasteiger partial charge in [0.25, 0.3) is 0 Å². The molecule has 0 amide bonds. The number of ether oxygens (including phenoxy) is 2. The number of rotatable bonds is 6. The Hall–Kier alpha value is -1.36. The van der Waals surface area contributed by atoms with Gasteiger partial charge in [-0.2, -0.15) is 5.10 Å². The summed E-state index contributed by atoms with van der Waals surface area (Å²) in [5.74, 6) is -0.0879. The Labute approximate surface area is 132 Å². The fourth-order valence-electron chi connectivity index (χ4n) is 4.05. The molecule has 1 spiro atoms. The van der Waals surface area contributed by atoms with E-state index in [0.29, 0.717) is 12.8 Å². The number of nitrogens with zero attached hydrogens (tertiary/aromatic N) is 2. The molecule has 2 atom stereocenters. The van der Waals surface area contributed by atoms with Crippen molar-refractivity contribution in [2.75, 3.05) is 6.61 Å². The van der Waals surface area contributed by atoms with Crippen LogP contribution in [0.3, 0.4) is 0 Å². The van der Waals surface area contributed by atoms with Crippen LogP contribution in [0.1, 0.15) is 51.0 Å². The molecule has 1 aromatic rings. The van der Waals surface area contributed by atoms with Crippen LogP contribution in [-0.4, -0.2) is 34.6 Å². The molecular formula is C17H26N2O3. The molecule has 0 bridgehead atoms. The van der Waals surface area contributed by atoms with Gasteiger partial charge in [-0.05, 0) is 31.7 Å². The molecule has 122 valence electrons. The second-order valence-corrected chi connectivity index (χ2v) is 6.62. The zero-order valence-electron chi connectivity index (χ0n) is 13.6. The molecule has 0 saturated heterocycles. The van der Waals surface area contributed by atoms with Gasteiger partial charge in [0, 0.05) is 38.1 Å². The van der Waals surface area contributed by atoms with E-state index in [9.17, 15) is 4.79 Å². The highest BCUT2D eigenvalue weighted by atomic mass is 16.6. The minimum Gasteiger partial charge on any atom is -0.462 e. The summed E-state index contributed by atoms with van der Waals surface area (Å²) in [7, 11) is 1.88. The molecule has 0 unspecified atom stereocenters. The van der Waals surface area contributed by atoms with Crippen LogP contribution in [0.25, 0.3) is 0 Å². The van der Waals surface area contributed by atoms with Crippen LogP contribution in [0.15, 0.2) is 12.4 Å². The van der Waals surface area contributed by atoms with Gasteiger partial charge in [0.2, 0.25) is 0 Å². The second-order valence-electron chi connectivity index (χ2n) is 6.62. The Balaban J connectivity index is 1.51. The molecule has 5 nitrogen and oxygen atoms in total. The Bertz CT molecular complexity index is 520. The molecule has 5 heteroatoms. The first kappa shape index (κ1) is 15.5. The van der Waals surface area contributed by atoms with Crippen molar-refractivity contribution in [3.05, 3.63) is 18.0 Å². The summed E-state index contributed by atoms with van der Waals surface area (Å²) in [6.07, 6.45) is 10.8. The van der Waals surface area contributed by atoms with Crippen LogP contribution >= 0.6 is 0 Å². The minimum absolute atomic E-state index is 0.0629. The maximum absolute atomic E-state index is 12.1. The lowest BCUT2D eigenvalue weighted by Crippen LogP contribution is -2.58. The summed E-state index contributed by atoms with van der Waals surface area (Å²) in [5, 5.41) is 4.12. The molecule has 2 aliphatic rings. The van der Waals surface area contributed by atoms with E-state index < -0.39 is 0 Å². The lowest BCUT2D eigenvalue weighted by atomic mass is 9.62. The standard InChI is InChI=1S/C17H26N2O3/c1-3-21-14-10-15(17(14)8-4-5-9-17)22-16(20)7-6-13-11-18-19(2)12-13/h11-12,14-15H,3-10H2,1-2H3/t14-,15-/m0/s1. The Morgan fingerprint density at radius 2 is 2.18 bits per heavy atom. The van der Waals surface area contributed by atoms with E-state index >= 15 is 0 Å². The lowest BCUT2D eigenvalue weighted by Gasteiger charge is -2.52. The molecule has 22 heavy (non-hydrogen) atoms. The van der Waals surface area contributed by atoms with Crippen molar-refractivity contribution < 1.29 is 14.3 Å². The van der Waals surface area contributed by atoms with Crippen LogP contribution in [0.4, 0.5) is 0 Å². The third-order valence-electron chi connectivity index (χ3n) is 5.26. The first-order valence-corrected chi connectivity index (χ1v) is 8.42. The number of esters is 1. The SMILES string of the molecule is CCO[C@H]1C[C@H](OC(=O)CCc2cnn(C)c2)C12CCCC2. The van der Waals surface area contributed by atoms with Crippen LogP contribution in [-0.2, 0) is 27.7 Å². The van der Waals surface area contributed by atoms with Gasteiger partial charge in [-0.25, -0.2) is 0 Å². The molecule has 0 N–H and O–H groups in total. The fourth-order valence-corrected chi connectivity index (χ4v) is 4.05. The van der Waals surface area contributed by atoms with Gasteiger partial charge in [0.05, 0.1) is 12.3 Å². The largest absolute Gasteiger partial charge is 0.462 e. The number of hydrogen-bond acceptors (Lipinski definition) is 4. The molecule has 2 saturated carbocycles. The lowest BCUT2D eigenvalue weighted by molar-refractivity contribution is -0.211. The Morgan fingerprint density at radius 3 is 2.82 bits per heavy atom. The maximum Gasteiger partial charge on any atom is 0.306 e. The third-order valence-corrected chi connectivity index (χ3v) is 5.26. The topological polar surface area (TPSA) is 53.4 Å². The second kappa shape index (κ2) is 6.41. The van der Waals surface area contributed by atoms with E-state index in [0.717, 1.165) is 31.4 Å². The van der Waals surface area contributed by atoms with E-state index in [1.807, 2.05) is 20.2 Å². The van der Waals surface area contributed by atoms with Gasteiger partial charge < -0.3 is 9.47 Å². The number of hydrogen-bond donors (Lipinski definition) is 0. The summed E-state index contributed by atoms with van der Waals surface area (Å²) < 4.78 is 13.4. The highest BCUT2D eigenvalue weighted by Gasteiger charge is 2.58. The smallest absolute Gasteiger partial charge is 0.306 e. The molecule has 0 radical (unpaired) electrons. The van der Waals surface area contributed by atoms with Gasteiger partial charge >= 0.3 is 5.97 Å². The van der Waals surface area contributed by atoms with Crippen LogP contribution in [0.2, 0.25) is 0 Å². The predicted molar refractivity (Wildman–Crippen MR) is 82.3 cm³/mol. The Morgan fingerprint density at radius 1 is 1.41 bits per heavy atom. The highest BCUT2D eigenvalue weighted by Crippen LogP contribution is 2.56. The van der Waals surface area contributed by atoms with E-state index in [1.54, 1.807) is 10.9 Å². The molecule has 2 fully saturated rings. The molecule has 1 aromatic heterocycles. The van der Waals surface area contributed by atoms with Crippen LogP contribution in [0.5, 0.6) is 0 Å². The predicted octanol–water partition coefficient (Wildman–Crippen LogP) is 2.63. The van der Waals surface area contributed by atoms with Gasteiger partial charge in [-0.1, -0.05) is 12.8 Å². The van der Waals surface area contributed by atoms with Crippen molar-refractivity contribution >= 4 is 5.97 Å². The molecule has 0 aromatic carbocycles. The van der Waals surface area contributed by atoms with Gasteiger partial charge in [0.15, 0.2) is 0 Å². The van der Waals surface area contributed by atoms with Gasteiger partial charge in [-0.3, -0.25) is 9.48 Å². The summed E-state index contributed by atoms with van der Waals surface area (Å²) >= 11 is 0. The van der Waals surface area contributed by atoms with Gasteiger partial charge in [0.1, 0.15) is 6.10 Å². The average Bonchev–Trinajstić information content (AvgIpc) is 3.14. The number of carbonyl (C=O) groups excluding carboxylic acids is 1. The first-order chi connectivity index (χ1) is 10.6. The highest BCUT2D eigenvalue weighted by molar-refractivity contribution is 5.70. The van der Waals surface area contributed by atoms with E-state index in [-0.39, 0.29) is 23.6 Å². The van der Waals surface area contributed by atoms with Crippen molar-refractivity contribution in [3.8, 4) is 0 Å². The molecule has 3 rings (SSSR count). The summed E-state index contributed by atoms with van der Waals surface area (Å²) in [6, 6.07) is 0. The average molecular weight is 306 g/mol. The fraction of sp³-hybridized carbons (Fsp3) is 0.765. The van der Waals surface area contributed by atoms with Gasteiger partial charge in [-0.15, -0.1) is 0 Å².